The summed E-state index contributed by atoms with van der Waals surface area (Å²) in [6.07, 6.45) is 3.35. The maximum absolute atomic E-state index is 12.7. The molecule has 170 valence electrons. The maximum Gasteiger partial charge on any atom is 0.503 e. The topological polar surface area (TPSA) is 153 Å². The van der Waals surface area contributed by atoms with Crippen LogP contribution in [0.5, 0.6) is 17.2 Å². The Balaban J connectivity index is 0.000000709. The molecule has 9 heteroatoms. The fourth-order valence-corrected chi connectivity index (χ4v) is 3.71. The van der Waals surface area contributed by atoms with E-state index in [4.69, 9.17) is 19.7 Å². The Bertz CT molecular complexity index is 1180. The summed E-state index contributed by atoms with van der Waals surface area (Å²) in [6, 6.07) is 16.4. The molecule has 1 aliphatic carbocycles. The van der Waals surface area contributed by atoms with Gasteiger partial charge in [0, 0.05) is 16.8 Å². The van der Waals surface area contributed by atoms with E-state index in [9.17, 15) is 15.2 Å². The lowest BCUT2D eigenvalue weighted by Gasteiger charge is -2.22. The SMILES string of the molecule is N#Cc1nc(C(=O)NC2CCCCC2)c(O)c2ccc(Oc3ccccc3)cc12.O=C(O)O. The molecular formula is C24H23N3O6. The number of amides is 1. The van der Waals surface area contributed by atoms with Crippen LogP contribution in [0.25, 0.3) is 10.8 Å². The van der Waals surface area contributed by atoms with Gasteiger partial charge in [0.2, 0.25) is 0 Å². The second-order valence-electron chi connectivity index (χ2n) is 7.48. The molecule has 33 heavy (non-hydrogen) atoms. The Morgan fingerprint density at radius 3 is 2.30 bits per heavy atom. The summed E-state index contributed by atoms with van der Waals surface area (Å²) in [6.45, 7) is 0. The highest BCUT2D eigenvalue weighted by molar-refractivity contribution is 6.03. The van der Waals surface area contributed by atoms with Gasteiger partial charge in [0.25, 0.3) is 5.91 Å². The molecule has 0 bridgehead atoms. The standard InChI is InChI=1S/C23H21N3O3.CH2O3/c24-14-20-19-13-17(29-16-9-5-2-6-10-16)11-12-18(19)22(27)21(26-20)23(28)25-15-7-3-1-4-8-15;2-1(3)4/h2,5-6,9-13,15,27H,1,3-4,7-8H2,(H,25,28);(H2,2,3,4). The van der Waals surface area contributed by atoms with Crippen molar-refractivity contribution in [1.82, 2.24) is 10.3 Å². The fourth-order valence-electron chi connectivity index (χ4n) is 3.71. The van der Waals surface area contributed by atoms with Crippen LogP contribution in [-0.2, 0) is 0 Å². The highest BCUT2D eigenvalue weighted by Crippen LogP contribution is 2.33. The first-order valence-corrected chi connectivity index (χ1v) is 10.4. The predicted octanol–water partition coefficient (Wildman–Crippen LogP) is 4.89. The Morgan fingerprint density at radius 1 is 1.00 bits per heavy atom. The summed E-state index contributed by atoms with van der Waals surface area (Å²) in [7, 11) is 0. The van der Waals surface area contributed by atoms with Crippen LogP contribution >= 0.6 is 0 Å². The Morgan fingerprint density at radius 2 is 1.67 bits per heavy atom. The zero-order valence-corrected chi connectivity index (χ0v) is 17.7. The van der Waals surface area contributed by atoms with E-state index in [0.29, 0.717) is 22.3 Å². The highest BCUT2D eigenvalue weighted by atomic mass is 16.6. The molecule has 1 heterocycles. The number of para-hydroxylation sites is 1. The third kappa shape index (κ3) is 6.11. The van der Waals surface area contributed by atoms with Crippen molar-refractivity contribution in [1.29, 1.82) is 5.26 Å². The van der Waals surface area contributed by atoms with Crippen molar-refractivity contribution < 1.29 is 29.6 Å². The molecule has 1 aromatic heterocycles. The number of fused-ring (bicyclic) bond motifs is 1. The summed E-state index contributed by atoms with van der Waals surface area (Å²) in [5.41, 5.74) is -0.0403. The van der Waals surface area contributed by atoms with Gasteiger partial charge in [-0.25, -0.2) is 9.78 Å². The number of hydrogen-bond acceptors (Lipinski definition) is 6. The third-order valence-electron chi connectivity index (χ3n) is 5.19. The smallest absolute Gasteiger partial charge is 0.503 e. The molecule has 1 saturated carbocycles. The second kappa shape index (κ2) is 10.8. The zero-order valence-electron chi connectivity index (χ0n) is 17.7. The molecular weight excluding hydrogens is 426 g/mol. The van der Waals surface area contributed by atoms with Gasteiger partial charge in [0.05, 0.1) is 0 Å². The van der Waals surface area contributed by atoms with E-state index in [2.05, 4.69) is 10.3 Å². The normalized spacial score (nSPS) is 13.3. The van der Waals surface area contributed by atoms with Crippen LogP contribution in [0.3, 0.4) is 0 Å². The number of ether oxygens (including phenoxy) is 1. The van der Waals surface area contributed by atoms with Crippen molar-refractivity contribution in [3.05, 3.63) is 59.9 Å². The Hall–Kier alpha value is -4.32. The Kier molecular flexibility index (Phi) is 7.65. The molecule has 9 nitrogen and oxygen atoms in total. The molecule has 1 aliphatic rings. The number of pyridine rings is 1. The average Bonchev–Trinajstić information content (AvgIpc) is 2.80. The first kappa shape index (κ1) is 23.3. The molecule has 4 N–H and O–H groups in total. The minimum Gasteiger partial charge on any atom is -0.505 e. The molecule has 0 saturated heterocycles. The van der Waals surface area contributed by atoms with Gasteiger partial charge < -0.3 is 25.4 Å². The molecule has 1 amide bonds. The Labute approximate surface area is 189 Å². The van der Waals surface area contributed by atoms with Gasteiger partial charge in [0.15, 0.2) is 11.4 Å². The summed E-state index contributed by atoms with van der Waals surface area (Å²) < 4.78 is 5.81. The van der Waals surface area contributed by atoms with E-state index >= 15 is 0 Å². The molecule has 0 spiro atoms. The summed E-state index contributed by atoms with van der Waals surface area (Å²) in [4.78, 5) is 25.4. The second-order valence-corrected chi connectivity index (χ2v) is 7.48. The van der Waals surface area contributed by atoms with Crippen molar-refractivity contribution in [2.45, 2.75) is 38.1 Å². The van der Waals surface area contributed by atoms with E-state index in [1.165, 1.54) is 6.42 Å². The molecule has 4 rings (SSSR count). The van der Waals surface area contributed by atoms with Crippen molar-refractivity contribution >= 4 is 22.8 Å². The van der Waals surface area contributed by atoms with Gasteiger partial charge in [-0.3, -0.25) is 4.79 Å². The van der Waals surface area contributed by atoms with E-state index < -0.39 is 12.1 Å². The van der Waals surface area contributed by atoms with Gasteiger partial charge in [-0.2, -0.15) is 5.26 Å². The quantitative estimate of drug-likeness (QED) is 0.439. The number of nitriles is 1. The van der Waals surface area contributed by atoms with E-state index in [1.807, 2.05) is 36.4 Å². The van der Waals surface area contributed by atoms with Gasteiger partial charge in [-0.1, -0.05) is 37.5 Å². The van der Waals surface area contributed by atoms with E-state index in [0.717, 1.165) is 25.7 Å². The number of benzene rings is 2. The molecule has 2 aromatic carbocycles. The number of carboxylic acid groups (broad SMARTS) is 2. The first-order valence-electron chi connectivity index (χ1n) is 10.4. The van der Waals surface area contributed by atoms with Crippen LogP contribution in [0.4, 0.5) is 4.79 Å². The number of rotatable bonds is 4. The number of aromatic nitrogens is 1. The molecule has 0 atom stereocenters. The van der Waals surface area contributed by atoms with Gasteiger partial charge >= 0.3 is 6.16 Å². The summed E-state index contributed by atoms with van der Waals surface area (Å²) in [5.74, 6) is 0.503. The average molecular weight is 449 g/mol. The largest absolute Gasteiger partial charge is 0.505 e. The minimum atomic E-state index is -1.83. The molecule has 1 fully saturated rings. The van der Waals surface area contributed by atoms with Crippen LogP contribution in [0.1, 0.15) is 48.3 Å². The van der Waals surface area contributed by atoms with E-state index in [-0.39, 0.29) is 23.2 Å². The number of nitrogens with one attached hydrogen (secondary N) is 1. The lowest BCUT2D eigenvalue weighted by Crippen LogP contribution is -2.36. The first-order chi connectivity index (χ1) is 15.9. The lowest BCUT2D eigenvalue weighted by molar-refractivity contribution is 0.0919. The highest BCUT2D eigenvalue weighted by Gasteiger charge is 2.23. The predicted molar refractivity (Wildman–Crippen MR) is 120 cm³/mol. The number of carbonyl (C=O) groups is 2. The number of nitrogens with zero attached hydrogens (tertiary/aromatic N) is 2. The monoisotopic (exact) mass is 449 g/mol. The maximum atomic E-state index is 12.7. The minimum absolute atomic E-state index is 0.0742. The van der Waals surface area contributed by atoms with Crippen LogP contribution < -0.4 is 10.1 Å². The summed E-state index contributed by atoms with van der Waals surface area (Å²) in [5, 5.41) is 38.0. The van der Waals surface area contributed by atoms with Crippen LogP contribution in [-0.4, -0.2) is 38.4 Å². The van der Waals surface area contributed by atoms with E-state index in [1.54, 1.807) is 18.2 Å². The number of hydrogen-bond donors (Lipinski definition) is 4. The van der Waals surface area contributed by atoms with Crippen LogP contribution in [0.2, 0.25) is 0 Å². The van der Waals surface area contributed by atoms with Gasteiger partial charge in [0.1, 0.15) is 23.3 Å². The molecule has 0 unspecified atom stereocenters. The van der Waals surface area contributed by atoms with Crippen molar-refractivity contribution in [3.8, 4) is 23.3 Å². The molecule has 0 radical (unpaired) electrons. The molecule has 0 aliphatic heterocycles. The fraction of sp³-hybridized carbons (Fsp3) is 0.250. The van der Waals surface area contributed by atoms with Gasteiger partial charge in [-0.05, 0) is 43.2 Å². The number of carbonyl (C=O) groups excluding carboxylic acids is 1. The zero-order chi connectivity index (χ0) is 23.8. The van der Waals surface area contributed by atoms with Crippen LogP contribution in [0, 0.1) is 11.3 Å². The lowest BCUT2D eigenvalue weighted by atomic mass is 9.95. The van der Waals surface area contributed by atoms with Crippen molar-refractivity contribution in [3.63, 3.8) is 0 Å². The molecule has 3 aromatic rings. The van der Waals surface area contributed by atoms with Crippen LogP contribution in [0.15, 0.2) is 48.5 Å². The third-order valence-corrected chi connectivity index (χ3v) is 5.19. The van der Waals surface area contributed by atoms with Crippen molar-refractivity contribution in [2.75, 3.05) is 0 Å². The summed E-state index contributed by atoms with van der Waals surface area (Å²) >= 11 is 0. The van der Waals surface area contributed by atoms with Crippen molar-refractivity contribution in [2.24, 2.45) is 0 Å². The number of aromatic hydroxyl groups is 1. The van der Waals surface area contributed by atoms with Gasteiger partial charge in [-0.15, -0.1) is 0 Å².